The van der Waals surface area contributed by atoms with Crippen LogP contribution in [0.5, 0.6) is 5.75 Å². The Morgan fingerprint density at radius 1 is 1.16 bits per heavy atom. The highest BCUT2D eigenvalue weighted by atomic mass is 32.1. The van der Waals surface area contributed by atoms with Crippen LogP contribution >= 0.6 is 11.3 Å². The SMILES string of the molecule is CC(CN1CCN(c2ccccn2)CC1)NC(=O)c1cccc(OCc2cscn2)c1. The summed E-state index contributed by atoms with van der Waals surface area (Å²) in [6.45, 7) is 7.06. The van der Waals surface area contributed by atoms with Crippen molar-refractivity contribution in [1.29, 1.82) is 0 Å². The van der Waals surface area contributed by atoms with Crippen LogP contribution in [-0.4, -0.2) is 59.5 Å². The number of thiazole rings is 1. The predicted octanol–water partition coefficient (Wildman–Crippen LogP) is 3.06. The predicted molar refractivity (Wildman–Crippen MR) is 123 cm³/mol. The maximum Gasteiger partial charge on any atom is 0.251 e. The van der Waals surface area contributed by atoms with Crippen molar-refractivity contribution in [1.82, 2.24) is 20.2 Å². The van der Waals surface area contributed by atoms with E-state index in [1.807, 2.05) is 54.9 Å². The third-order valence-corrected chi connectivity index (χ3v) is 5.86. The van der Waals surface area contributed by atoms with Crippen LogP contribution < -0.4 is 15.0 Å². The normalized spacial score (nSPS) is 15.5. The highest BCUT2D eigenvalue weighted by molar-refractivity contribution is 7.07. The molecule has 4 rings (SSSR count). The largest absolute Gasteiger partial charge is 0.487 e. The molecule has 1 amide bonds. The van der Waals surface area contributed by atoms with Gasteiger partial charge in [-0.1, -0.05) is 12.1 Å². The van der Waals surface area contributed by atoms with Crippen LogP contribution in [0, 0.1) is 0 Å². The molecule has 2 aromatic heterocycles. The Kier molecular flexibility index (Phi) is 7.11. The molecule has 1 saturated heterocycles. The fraction of sp³-hybridized carbons (Fsp3) is 0.348. The molecule has 1 aliphatic heterocycles. The fourth-order valence-corrected chi connectivity index (χ4v) is 4.18. The molecule has 3 heterocycles. The van der Waals surface area contributed by atoms with Crippen LogP contribution in [0.3, 0.4) is 0 Å². The summed E-state index contributed by atoms with van der Waals surface area (Å²) in [6.07, 6.45) is 1.83. The van der Waals surface area contributed by atoms with Gasteiger partial charge in [-0.05, 0) is 37.3 Å². The molecular formula is C23H27N5O2S. The van der Waals surface area contributed by atoms with Crippen molar-refractivity contribution in [3.63, 3.8) is 0 Å². The monoisotopic (exact) mass is 437 g/mol. The standard InChI is InChI=1S/C23H27N5O2S/c1-18(14-27-9-11-28(12-10-27)22-7-2-3-8-24-22)26-23(29)19-5-4-6-21(13-19)30-15-20-16-31-17-25-20/h2-8,13,16-18H,9-12,14-15H2,1H3,(H,26,29). The summed E-state index contributed by atoms with van der Waals surface area (Å²) in [4.78, 5) is 26.0. The summed E-state index contributed by atoms with van der Waals surface area (Å²) in [6, 6.07) is 13.3. The highest BCUT2D eigenvalue weighted by Gasteiger charge is 2.20. The summed E-state index contributed by atoms with van der Waals surface area (Å²) in [5.41, 5.74) is 3.27. The number of aromatic nitrogens is 2. The summed E-state index contributed by atoms with van der Waals surface area (Å²) < 4.78 is 5.76. The van der Waals surface area contributed by atoms with E-state index in [-0.39, 0.29) is 11.9 Å². The van der Waals surface area contributed by atoms with Crippen LogP contribution in [0.15, 0.2) is 59.6 Å². The van der Waals surface area contributed by atoms with Crippen molar-refractivity contribution in [3.8, 4) is 5.75 Å². The number of rotatable bonds is 8. The van der Waals surface area contributed by atoms with E-state index in [0.717, 1.165) is 44.2 Å². The molecule has 31 heavy (non-hydrogen) atoms. The Labute approximate surface area is 186 Å². The van der Waals surface area contributed by atoms with Crippen molar-refractivity contribution in [2.75, 3.05) is 37.6 Å². The number of nitrogens with one attached hydrogen (secondary N) is 1. The minimum absolute atomic E-state index is 0.0495. The first-order chi connectivity index (χ1) is 15.2. The second-order valence-corrected chi connectivity index (χ2v) is 8.37. The zero-order chi connectivity index (χ0) is 21.5. The highest BCUT2D eigenvalue weighted by Crippen LogP contribution is 2.16. The number of hydrogen-bond donors (Lipinski definition) is 1. The second kappa shape index (κ2) is 10.4. The molecule has 1 fully saturated rings. The lowest BCUT2D eigenvalue weighted by Crippen LogP contribution is -2.51. The number of amides is 1. The van der Waals surface area contributed by atoms with Gasteiger partial charge in [0.05, 0.1) is 11.2 Å². The lowest BCUT2D eigenvalue weighted by molar-refractivity contribution is 0.0927. The maximum absolute atomic E-state index is 12.7. The van der Waals surface area contributed by atoms with Gasteiger partial charge in [-0.3, -0.25) is 9.69 Å². The van der Waals surface area contributed by atoms with Gasteiger partial charge in [0, 0.05) is 55.9 Å². The van der Waals surface area contributed by atoms with E-state index >= 15 is 0 Å². The molecule has 1 aliphatic rings. The number of piperazine rings is 1. The number of ether oxygens (including phenoxy) is 1. The molecule has 0 bridgehead atoms. The molecule has 1 atom stereocenters. The Morgan fingerprint density at radius 2 is 2.03 bits per heavy atom. The van der Waals surface area contributed by atoms with Crippen molar-refractivity contribution in [2.45, 2.75) is 19.6 Å². The number of hydrogen-bond acceptors (Lipinski definition) is 7. The first-order valence-corrected chi connectivity index (χ1v) is 11.4. The quantitative estimate of drug-likeness (QED) is 0.584. The maximum atomic E-state index is 12.7. The second-order valence-electron chi connectivity index (χ2n) is 7.65. The Balaban J connectivity index is 1.24. The summed E-state index contributed by atoms with van der Waals surface area (Å²) in [7, 11) is 0. The van der Waals surface area contributed by atoms with Crippen molar-refractivity contribution in [3.05, 3.63) is 70.8 Å². The van der Waals surface area contributed by atoms with Gasteiger partial charge < -0.3 is 15.0 Å². The Morgan fingerprint density at radius 3 is 2.77 bits per heavy atom. The molecule has 8 heteroatoms. The Hall–Kier alpha value is -2.97. The number of carbonyl (C=O) groups excluding carboxylic acids is 1. The minimum atomic E-state index is -0.0845. The lowest BCUT2D eigenvalue weighted by Gasteiger charge is -2.36. The topological polar surface area (TPSA) is 70.6 Å². The first kappa shape index (κ1) is 21.3. The van der Waals surface area contributed by atoms with Crippen molar-refractivity contribution < 1.29 is 9.53 Å². The average Bonchev–Trinajstić information content (AvgIpc) is 3.33. The average molecular weight is 438 g/mol. The molecule has 162 valence electrons. The first-order valence-electron chi connectivity index (χ1n) is 10.5. The van der Waals surface area contributed by atoms with E-state index in [1.54, 1.807) is 11.6 Å². The van der Waals surface area contributed by atoms with Gasteiger partial charge >= 0.3 is 0 Å². The molecule has 1 unspecified atom stereocenters. The molecule has 0 radical (unpaired) electrons. The molecule has 0 aliphatic carbocycles. The zero-order valence-electron chi connectivity index (χ0n) is 17.6. The molecular weight excluding hydrogens is 410 g/mol. The van der Waals surface area contributed by atoms with Gasteiger partial charge in [-0.25, -0.2) is 9.97 Å². The van der Waals surface area contributed by atoms with E-state index in [4.69, 9.17) is 4.74 Å². The van der Waals surface area contributed by atoms with Crippen LogP contribution in [0.4, 0.5) is 5.82 Å². The summed E-state index contributed by atoms with van der Waals surface area (Å²) in [5, 5.41) is 5.06. The number of pyridine rings is 1. The van der Waals surface area contributed by atoms with Crippen LogP contribution in [0.1, 0.15) is 23.0 Å². The molecule has 1 aromatic carbocycles. The van der Waals surface area contributed by atoms with E-state index in [2.05, 4.69) is 25.1 Å². The van der Waals surface area contributed by atoms with Gasteiger partial charge in [0.25, 0.3) is 5.91 Å². The number of nitrogens with zero attached hydrogens (tertiary/aromatic N) is 4. The van der Waals surface area contributed by atoms with Gasteiger partial charge in [-0.15, -0.1) is 11.3 Å². The smallest absolute Gasteiger partial charge is 0.251 e. The molecule has 1 N–H and O–H groups in total. The lowest BCUT2D eigenvalue weighted by atomic mass is 10.2. The summed E-state index contributed by atoms with van der Waals surface area (Å²) >= 11 is 1.54. The van der Waals surface area contributed by atoms with E-state index in [1.165, 1.54) is 11.3 Å². The van der Waals surface area contributed by atoms with Gasteiger partial charge in [0.1, 0.15) is 18.2 Å². The number of anilines is 1. The molecule has 7 nitrogen and oxygen atoms in total. The van der Waals surface area contributed by atoms with Crippen molar-refractivity contribution >= 4 is 23.1 Å². The Bertz CT molecular complexity index is 959. The van der Waals surface area contributed by atoms with Crippen LogP contribution in [-0.2, 0) is 6.61 Å². The number of benzene rings is 1. The minimum Gasteiger partial charge on any atom is -0.487 e. The zero-order valence-corrected chi connectivity index (χ0v) is 18.4. The van der Waals surface area contributed by atoms with E-state index in [9.17, 15) is 4.79 Å². The van der Waals surface area contributed by atoms with Gasteiger partial charge in [0.2, 0.25) is 0 Å². The van der Waals surface area contributed by atoms with Crippen LogP contribution in [0.2, 0.25) is 0 Å². The van der Waals surface area contributed by atoms with Gasteiger partial charge in [-0.2, -0.15) is 0 Å². The number of carbonyl (C=O) groups is 1. The van der Waals surface area contributed by atoms with E-state index in [0.29, 0.717) is 17.9 Å². The molecule has 3 aromatic rings. The van der Waals surface area contributed by atoms with Crippen LogP contribution in [0.25, 0.3) is 0 Å². The van der Waals surface area contributed by atoms with E-state index < -0.39 is 0 Å². The van der Waals surface area contributed by atoms with Gasteiger partial charge in [0.15, 0.2) is 0 Å². The van der Waals surface area contributed by atoms with Crippen molar-refractivity contribution in [2.24, 2.45) is 0 Å². The summed E-state index contributed by atoms with van der Waals surface area (Å²) in [5.74, 6) is 1.61. The molecule has 0 saturated carbocycles. The third-order valence-electron chi connectivity index (χ3n) is 5.22. The fourth-order valence-electron chi connectivity index (χ4n) is 3.63. The molecule has 0 spiro atoms. The third kappa shape index (κ3) is 6.02.